The Kier molecular flexibility index (Phi) is 13.2. The monoisotopic (exact) mass is 680 g/mol. The number of ether oxygens (including phenoxy) is 2. The minimum absolute atomic E-state index is 0.874. The fraction of sp³-hybridized carbons (Fsp3) is 1.00. The first-order valence-corrected chi connectivity index (χ1v) is 16.1. The van der Waals surface area contributed by atoms with Crippen LogP contribution < -0.4 is 0 Å². The van der Waals surface area contributed by atoms with Gasteiger partial charge in [0.05, 0.1) is 13.2 Å². The van der Waals surface area contributed by atoms with Crippen molar-refractivity contribution in [3.63, 3.8) is 0 Å². The molecule has 2 heterocycles. The second-order valence-corrected chi connectivity index (χ2v) is 12.9. The smallest absolute Gasteiger partial charge is 0.387 e. The highest BCUT2D eigenvalue weighted by Crippen LogP contribution is 2.43. The molecule has 24 nitrogen and oxygen atoms in total. The molecular formula is C12H28O24P4. The normalized spacial score (nSPS) is 35.5. The molecule has 240 valence electrons. The Morgan fingerprint density at radius 2 is 0.775 bits per heavy atom. The number of phosphoric acid groups is 4. The summed E-state index contributed by atoms with van der Waals surface area (Å²) >= 11 is 0. The molecule has 0 aromatic carbocycles. The molecule has 28 heteroatoms. The van der Waals surface area contributed by atoms with Gasteiger partial charge in [0, 0.05) is 0 Å². The molecule has 0 unspecified atom stereocenters. The third-order valence-corrected chi connectivity index (χ3v) is 6.64. The van der Waals surface area contributed by atoms with Crippen LogP contribution in [0, 0.1) is 0 Å². The average molecular weight is 680 g/mol. The van der Waals surface area contributed by atoms with Gasteiger partial charge in [0.2, 0.25) is 11.6 Å². The zero-order valence-electron chi connectivity index (χ0n) is 19.4. The van der Waals surface area contributed by atoms with E-state index in [9.17, 15) is 48.9 Å². The topological polar surface area (TPSA) is 407 Å². The summed E-state index contributed by atoms with van der Waals surface area (Å²) in [7, 11) is -19.6. The van der Waals surface area contributed by atoms with Gasteiger partial charge in [0.15, 0.2) is 0 Å². The Morgan fingerprint density at radius 1 is 0.525 bits per heavy atom. The van der Waals surface area contributed by atoms with Crippen LogP contribution in [0.2, 0.25) is 0 Å². The number of hydrogen-bond acceptors (Lipinski definition) is 16. The van der Waals surface area contributed by atoms with Crippen LogP contribution in [0.5, 0.6) is 0 Å². The fourth-order valence-electron chi connectivity index (χ4n) is 2.94. The molecule has 0 spiro atoms. The highest BCUT2D eigenvalue weighted by molar-refractivity contribution is 7.47. The molecule has 0 bridgehead atoms. The van der Waals surface area contributed by atoms with Crippen molar-refractivity contribution in [2.45, 2.75) is 48.2 Å². The lowest BCUT2D eigenvalue weighted by molar-refractivity contribution is -0.245. The number of aliphatic hydroxyl groups excluding tert-OH is 4. The Hall–Kier alpha value is 0.120. The van der Waals surface area contributed by atoms with E-state index in [1.807, 2.05) is 0 Å². The average Bonchev–Trinajstić information content (AvgIpc) is 3.12. The zero-order chi connectivity index (χ0) is 31.5. The Bertz CT molecular complexity index is 935. The van der Waals surface area contributed by atoms with E-state index in [1.54, 1.807) is 0 Å². The van der Waals surface area contributed by atoms with E-state index in [1.165, 1.54) is 0 Å². The standard InChI is InChI=1S/2C6H14O12P2/c2*7-4-3(1-16-19(10,11)12)18-6(9,5(4)8)2-17-20(13,14)15/h2*3-5,7-9H,1-2H2,(H2,10,11,12)(H2,13,14,15)/t2*3-,4+,5-,6-/m11/s1. The highest BCUT2D eigenvalue weighted by Gasteiger charge is 2.55. The van der Waals surface area contributed by atoms with Crippen molar-refractivity contribution in [3.05, 3.63) is 0 Å². The van der Waals surface area contributed by atoms with Crippen LogP contribution in [0.25, 0.3) is 0 Å². The third kappa shape index (κ3) is 12.8. The largest absolute Gasteiger partial charge is 0.469 e. The predicted molar refractivity (Wildman–Crippen MR) is 116 cm³/mol. The van der Waals surface area contributed by atoms with Gasteiger partial charge in [-0.15, -0.1) is 0 Å². The molecule has 0 aromatic heterocycles. The lowest BCUT2D eigenvalue weighted by Crippen LogP contribution is -2.46. The van der Waals surface area contributed by atoms with Gasteiger partial charge in [-0.2, -0.15) is 0 Å². The minimum atomic E-state index is -4.96. The van der Waals surface area contributed by atoms with Gasteiger partial charge in [0.25, 0.3) is 0 Å². The van der Waals surface area contributed by atoms with E-state index < -0.39 is 106 Å². The van der Waals surface area contributed by atoms with Gasteiger partial charge in [-0.05, 0) is 0 Å². The fourth-order valence-corrected chi connectivity index (χ4v) is 4.33. The van der Waals surface area contributed by atoms with Gasteiger partial charge < -0.3 is 79.3 Å². The number of phosphoric ester groups is 4. The third-order valence-electron chi connectivity index (χ3n) is 4.74. The molecule has 0 aromatic rings. The molecule has 8 atom stereocenters. The maximum absolute atomic E-state index is 10.5. The molecule has 0 aliphatic carbocycles. The van der Waals surface area contributed by atoms with Crippen LogP contribution in [0.3, 0.4) is 0 Å². The van der Waals surface area contributed by atoms with Crippen LogP contribution in [0.15, 0.2) is 0 Å². The first kappa shape index (κ1) is 38.1. The van der Waals surface area contributed by atoms with Crippen LogP contribution in [0.1, 0.15) is 0 Å². The molecule has 2 aliphatic rings. The Balaban J connectivity index is 0.000000400. The van der Waals surface area contributed by atoms with Crippen molar-refractivity contribution < 1.29 is 116 Å². The molecule has 2 fully saturated rings. The van der Waals surface area contributed by atoms with Crippen molar-refractivity contribution >= 4 is 31.3 Å². The molecule has 0 radical (unpaired) electrons. The summed E-state index contributed by atoms with van der Waals surface area (Å²) < 4.78 is 67.3. The molecule has 2 rings (SSSR count). The minimum Gasteiger partial charge on any atom is -0.387 e. The summed E-state index contributed by atoms with van der Waals surface area (Å²) in [6, 6.07) is 0. The molecule has 0 amide bonds. The van der Waals surface area contributed by atoms with Gasteiger partial charge in [0.1, 0.15) is 49.8 Å². The van der Waals surface area contributed by atoms with Crippen molar-refractivity contribution in [1.29, 1.82) is 0 Å². The lowest BCUT2D eigenvalue weighted by Gasteiger charge is -2.25. The molecular weight excluding hydrogens is 652 g/mol. The first-order chi connectivity index (χ1) is 17.7. The predicted octanol–water partition coefficient (Wildman–Crippen LogP) is -5.97. The van der Waals surface area contributed by atoms with Crippen LogP contribution in [-0.4, -0.2) is 144 Å². The summed E-state index contributed by atoms with van der Waals surface area (Å²) in [5.74, 6) is -5.33. The zero-order valence-corrected chi connectivity index (χ0v) is 23.0. The van der Waals surface area contributed by atoms with Crippen LogP contribution in [-0.2, 0) is 45.8 Å². The maximum Gasteiger partial charge on any atom is 0.469 e. The van der Waals surface area contributed by atoms with Gasteiger partial charge >= 0.3 is 31.3 Å². The lowest BCUT2D eigenvalue weighted by atomic mass is 10.1. The second kappa shape index (κ2) is 13.8. The second-order valence-electron chi connectivity index (χ2n) is 7.97. The molecule has 2 saturated heterocycles. The van der Waals surface area contributed by atoms with Gasteiger partial charge in [-0.1, -0.05) is 0 Å². The first-order valence-electron chi connectivity index (χ1n) is 10.0. The van der Waals surface area contributed by atoms with Crippen LogP contribution >= 0.6 is 31.3 Å². The van der Waals surface area contributed by atoms with E-state index >= 15 is 0 Å². The van der Waals surface area contributed by atoms with E-state index in [2.05, 4.69) is 27.6 Å². The van der Waals surface area contributed by atoms with Crippen LogP contribution in [0.4, 0.5) is 0 Å². The summed E-state index contributed by atoms with van der Waals surface area (Å²) in [5, 5.41) is 57.5. The summed E-state index contributed by atoms with van der Waals surface area (Å²) in [5.41, 5.74) is 0. The van der Waals surface area contributed by atoms with E-state index in [-0.39, 0.29) is 0 Å². The molecule has 0 saturated carbocycles. The molecule has 40 heavy (non-hydrogen) atoms. The van der Waals surface area contributed by atoms with E-state index in [4.69, 9.17) is 39.1 Å². The van der Waals surface area contributed by atoms with E-state index in [0.717, 1.165) is 0 Å². The molecule has 2 aliphatic heterocycles. The highest BCUT2D eigenvalue weighted by atomic mass is 31.2. The van der Waals surface area contributed by atoms with Gasteiger partial charge in [-0.3, -0.25) is 18.1 Å². The summed E-state index contributed by atoms with van der Waals surface area (Å²) in [6.45, 7) is -4.11. The number of rotatable bonds is 12. The van der Waals surface area contributed by atoms with Gasteiger partial charge in [-0.25, -0.2) is 18.3 Å². The van der Waals surface area contributed by atoms with Crippen molar-refractivity contribution in [2.75, 3.05) is 26.4 Å². The molecule has 14 N–H and O–H groups in total. The van der Waals surface area contributed by atoms with Crippen molar-refractivity contribution in [3.8, 4) is 0 Å². The SMILES string of the molecule is O=P(O)(O)OC[C@H]1O[C@](O)(COP(=O)(O)O)[C@H](O)[C@H]1O.O=P(O)(O)OC[C@H]1O[C@](O)(COP(=O)(O)O)[C@H](O)[C@H]1O. The Labute approximate surface area is 222 Å². The summed E-state index contributed by atoms with van der Waals surface area (Å²) in [4.78, 5) is 67.8. The van der Waals surface area contributed by atoms with Crippen molar-refractivity contribution in [2.24, 2.45) is 0 Å². The maximum atomic E-state index is 10.5. The quantitative estimate of drug-likeness (QED) is 0.0853. The number of hydrogen-bond donors (Lipinski definition) is 14. The van der Waals surface area contributed by atoms with E-state index in [0.29, 0.717) is 0 Å². The summed E-state index contributed by atoms with van der Waals surface area (Å²) in [6.07, 6.45) is -10.8. The number of aliphatic hydroxyl groups is 6. The van der Waals surface area contributed by atoms with Crippen molar-refractivity contribution in [1.82, 2.24) is 0 Å². The Morgan fingerprint density at radius 3 is 1.00 bits per heavy atom.